The molecule has 0 saturated heterocycles. The Kier molecular flexibility index (Phi) is 6.93. The normalized spacial score (nSPS) is 14.6. The number of carbonyl (C=O) groups excluding carboxylic acids is 1. The van der Waals surface area contributed by atoms with Crippen molar-refractivity contribution in [2.75, 3.05) is 7.11 Å². The van der Waals surface area contributed by atoms with E-state index in [0.717, 1.165) is 16.9 Å². The van der Waals surface area contributed by atoms with Gasteiger partial charge in [0.1, 0.15) is 11.9 Å². The van der Waals surface area contributed by atoms with Crippen molar-refractivity contribution in [2.24, 2.45) is 0 Å². The summed E-state index contributed by atoms with van der Waals surface area (Å²) in [6.07, 6.45) is 1.79. The van der Waals surface area contributed by atoms with Gasteiger partial charge in [0.15, 0.2) is 0 Å². The van der Waals surface area contributed by atoms with Crippen LogP contribution in [0, 0.1) is 0 Å². The molecule has 0 heterocycles. The van der Waals surface area contributed by atoms with Crippen LogP contribution >= 0.6 is 0 Å². The minimum Gasteiger partial charge on any atom is -0.497 e. The Hall–Kier alpha value is -4.15. The summed E-state index contributed by atoms with van der Waals surface area (Å²) >= 11 is 0. The van der Waals surface area contributed by atoms with Crippen LogP contribution in [0.2, 0.25) is 0 Å². The molecule has 4 heteroatoms. The van der Waals surface area contributed by atoms with Crippen LogP contribution in [-0.2, 0) is 21.5 Å². The zero-order valence-electron chi connectivity index (χ0n) is 21.2. The monoisotopic (exact) mass is 489 g/mol. The van der Waals surface area contributed by atoms with E-state index in [0.29, 0.717) is 6.42 Å². The molecule has 0 aliphatic heterocycles. The van der Waals surface area contributed by atoms with Gasteiger partial charge >= 0.3 is 5.97 Å². The molecule has 0 fully saturated rings. The fourth-order valence-electron chi connectivity index (χ4n) is 5.50. The molecule has 1 N–H and O–H groups in total. The van der Waals surface area contributed by atoms with Crippen molar-refractivity contribution in [3.8, 4) is 16.9 Å². The van der Waals surface area contributed by atoms with E-state index < -0.39 is 11.6 Å². The molecule has 1 aliphatic rings. The Morgan fingerprint density at radius 1 is 0.865 bits per heavy atom. The molecule has 4 aromatic rings. The Morgan fingerprint density at radius 3 is 1.97 bits per heavy atom. The highest BCUT2D eigenvalue weighted by molar-refractivity contribution is 5.83. The van der Waals surface area contributed by atoms with Crippen LogP contribution in [0.3, 0.4) is 0 Å². The van der Waals surface area contributed by atoms with Gasteiger partial charge in [-0.05, 0) is 58.0 Å². The highest BCUT2D eigenvalue weighted by Crippen LogP contribution is 2.51. The van der Waals surface area contributed by atoms with Gasteiger partial charge in [-0.1, -0.05) is 97.6 Å². The Bertz CT molecular complexity index is 1350. The average molecular weight is 490 g/mol. The molecule has 2 atom stereocenters. The van der Waals surface area contributed by atoms with Crippen LogP contribution < -0.4 is 10.1 Å². The second-order valence-electron chi connectivity index (χ2n) is 9.32. The predicted molar refractivity (Wildman–Crippen MR) is 148 cm³/mol. The van der Waals surface area contributed by atoms with Gasteiger partial charge in [0.05, 0.1) is 18.7 Å². The van der Waals surface area contributed by atoms with Gasteiger partial charge in [-0.25, -0.2) is 0 Å². The quantitative estimate of drug-likeness (QED) is 0.222. The highest BCUT2D eigenvalue weighted by Gasteiger charge is 2.46. The molecule has 37 heavy (non-hydrogen) atoms. The van der Waals surface area contributed by atoms with E-state index in [9.17, 15) is 4.79 Å². The number of rotatable bonds is 9. The fraction of sp³-hybridized carbons (Fsp3) is 0.182. The van der Waals surface area contributed by atoms with Crippen molar-refractivity contribution >= 4 is 5.97 Å². The summed E-state index contributed by atoms with van der Waals surface area (Å²) in [6.45, 7) is 5.46. The molecular formula is C33H31NO3. The maximum absolute atomic E-state index is 12.1. The lowest BCUT2D eigenvalue weighted by Crippen LogP contribution is -2.54. The second-order valence-corrected chi connectivity index (χ2v) is 9.32. The predicted octanol–water partition coefficient (Wildman–Crippen LogP) is 6.29. The standard InChI is InChI=1S/C33H31NO3/c1-4-32(37-23(2)35)31(22-24-18-20-26(36-3)21-19-24)34-33(25-12-6-5-7-13-25)29-16-10-8-14-27(29)28-15-9-11-17-30(28)33/h4-21,31-32,34H,1,22H2,2-3H3/t31-,32+/m0/s1. The number of hydrogen-bond donors (Lipinski definition) is 1. The molecule has 0 radical (unpaired) electrons. The topological polar surface area (TPSA) is 47.6 Å². The molecule has 4 nitrogen and oxygen atoms in total. The summed E-state index contributed by atoms with van der Waals surface area (Å²) in [5.41, 5.74) is 6.31. The molecular weight excluding hydrogens is 458 g/mol. The molecule has 5 rings (SSSR count). The zero-order chi connectivity index (χ0) is 25.8. The average Bonchev–Trinajstić information content (AvgIpc) is 3.23. The number of fused-ring (bicyclic) bond motifs is 3. The van der Waals surface area contributed by atoms with Crippen LogP contribution in [0.25, 0.3) is 11.1 Å². The van der Waals surface area contributed by atoms with E-state index in [1.165, 1.54) is 29.2 Å². The largest absolute Gasteiger partial charge is 0.497 e. The minimum absolute atomic E-state index is 0.269. The summed E-state index contributed by atoms with van der Waals surface area (Å²) < 4.78 is 11.2. The summed E-state index contributed by atoms with van der Waals surface area (Å²) in [6, 6.07) is 35.3. The fourth-order valence-corrected chi connectivity index (χ4v) is 5.50. The van der Waals surface area contributed by atoms with Crippen LogP contribution in [-0.4, -0.2) is 25.2 Å². The Balaban J connectivity index is 1.68. The molecule has 1 aliphatic carbocycles. The third kappa shape index (κ3) is 4.56. The number of methoxy groups -OCH3 is 1. The summed E-state index contributed by atoms with van der Waals surface area (Å²) in [7, 11) is 1.66. The van der Waals surface area contributed by atoms with Gasteiger partial charge in [0, 0.05) is 6.92 Å². The van der Waals surface area contributed by atoms with Gasteiger partial charge in [-0.15, -0.1) is 0 Å². The van der Waals surface area contributed by atoms with Crippen LogP contribution in [0.15, 0.2) is 116 Å². The van der Waals surface area contributed by atoms with Crippen LogP contribution in [0.4, 0.5) is 0 Å². The van der Waals surface area contributed by atoms with E-state index in [1.54, 1.807) is 13.2 Å². The third-order valence-electron chi connectivity index (χ3n) is 7.11. The lowest BCUT2D eigenvalue weighted by molar-refractivity contribution is -0.145. The number of ether oxygens (including phenoxy) is 2. The van der Waals surface area contributed by atoms with E-state index in [-0.39, 0.29) is 12.0 Å². The maximum atomic E-state index is 12.1. The second kappa shape index (κ2) is 10.5. The van der Waals surface area contributed by atoms with Crippen molar-refractivity contribution in [2.45, 2.75) is 31.0 Å². The van der Waals surface area contributed by atoms with Gasteiger partial charge in [-0.2, -0.15) is 0 Å². The van der Waals surface area contributed by atoms with Crippen molar-refractivity contribution in [1.29, 1.82) is 0 Å². The van der Waals surface area contributed by atoms with Gasteiger partial charge < -0.3 is 9.47 Å². The summed E-state index contributed by atoms with van der Waals surface area (Å²) in [4.78, 5) is 12.1. The first-order valence-electron chi connectivity index (χ1n) is 12.5. The summed E-state index contributed by atoms with van der Waals surface area (Å²) in [5.74, 6) is 0.459. The van der Waals surface area contributed by atoms with Gasteiger partial charge in [0.25, 0.3) is 0 Å². The van der Waals surface area contributed by atoms with Crippen molar-refractivity contribution in [3.63, 3.8) is 0 Å². The molecule has 0 amide bonds. The number of benzene rings is 4. The molecule has 0 bridgehead atoms. The van der Waals surface area contributed by atoms with E-state index in [4.69, 9.17) is 9.47 Å². The maximum Gasteiger partial charge on any atom is 0.303 e. The van der Waals surface area contributed by atoms with Crippen molar-refractivity contribution in [1.82, 2.24) is 5.32 Å². The lowest BCUT2D eigenvalue weighted by atomic mass is 9.79. The molecule has 0 saturated carbocycles. The molecule has 0 spiro atoms. The first-order valence-corrected chi connectivity index (χ1v) is 12.5. The van der Waals surface area contributed by atoms with E-state index >= 15 is 0 Å². The lowest BCUT2D eigenvalue weighted by Gasteiger charge is -2.39. The molecule has 0 unspecified atom stereocenters. The smallest absolute Gasteiger partial charge is 0.303 e. The summed E-state index contributed by atoms with van der Waals surface area (Å²) in [5, 5.41) is 4.01. The van der Waals surface area contributed by atoms with E-state index in [1.807, 2.05) is 30.3 Å². The first kappa shape index (κ1) is 24.5. The molecule has 0 aromatic heterocycles. The first-order chi connectivity index (χ1) is 18.1. The molecule has 4 aromatic carbocycles. The van der Waals surface area contributed by atoms with Crippen LogP contribution in [0.1, 0.15) is 29.2 Å². The van der Waals surface area contributed by atoms with Crippen molar-refractivity contribution in [3.05, 3.63) is 138 Å². The number of hydrogen-bond acceptors (Lipinski definition) is 4. The zero-order valence-corrected chi connectivity index (χ0v) is 21.2. The van der Waals surface area contributed by atoms with Crippen molar-refractivity contribution < 1.29 is 14.3 Å². The third-order valence-corrected chi connectivity index (χ3v) is 7.11. The number of nitrogens with one attached hydrogen (secondary N) is 1. The Morgan fingerprint density at radius 2 is 1.43 bits per heavy atom. The number of esters is 1. The van der Waals surface area contributed by atoms with E-state index in [2.05, 4.69) is 84.7 Å². The van der Waals surface area contributed by atoms with Crippen LogP contribution in [0.5, 0.6) is 5.75 Å². The van der Waals surface area contributed by atoms with Gasteiger partial charge in [-0.3, -0.25) is 10.1 Å². The SMILES string of the molecule is C=C[C@@H](OC(C)=O)[C@H](Cc1ccc(OC)cc1)NC1(c2ccccc2)c2ccccc2-c2ccccc21. The minimum atomic E-state index is -0.646. The Labute approximate surface area is 218 Å². The number of carbonyl (C=O) groups is 1. The highest BCUT2D eigenvalue weighted by atomic mass is 16.5. The van der Waals surface area contributed by atoms with Gasteiger partial charge in [0.2, 0.25) is 0 Å². The molecule has 186 valence electrons.